The molecule has 0 aliphatic rings. The Balaban J connectivity index is 3.73. The fourth-order valence-electron chi connectivity index (χ4n) is 0.146. The smallest absolute Gasteiger partial charge is 0.204 e. The van der Waals surface area contributed by atoms with Gasteiger partial charge >= 0.3 is 0 Å². The molecule has 0 aromatic rings. The predicted octanol–water partition coefficient (Wildman–Crippen LogP) is 0.968. The maximum absolute atomic E-state index is 9.80. The van der Waals surface area contributed by atoms with E-state index in [9.17, 15) is 8.42 Å². The van der Waals surface area contributed by atoms with E-state index in [4.69, 9.17) is 34.8 Å². The lowest BCUT2D eigenvalue weighted by atomic mass is 10.9. The Kier molecular flexibility index (Phi) is 3.43. The highest BCUT2D eigenvalue weighted by Crippen LogP contribution is 2.25. The summed E-state index contributed by atoms with van der Waals surface area (Å²) in [6, 6.07) is 0. The first-order valence-corrected chi connectivity index (χ1v) is 4.10. The Labute approximate surface area is 63.7 Å². The highest BCUT2D eigenvalue weighted by molar-refractivity contribution is 7.72. The van der Waals surface area contributed by atoms with Gasteiger partial charge in [-0.2, -0.15) is 0 Å². The van der Waals surface area contributed by atoms with E-state index < -0.39 is 20.2 Å². The van der Waals surface area contributed by atoms with Gasteiger partial charge in [0, 0.05) is 0 Å². The molecule has 0 spiro atoms. The molecule has 0 radical (unpaired) electrons. The molecule has 0 saturated carbocycles. The topological polar surface area (TPSA) is 34.1 Å². The predicted molar refractivity (Wildman–Crippen MR) is 35.5 cm³/mol. The SMILES string of the molecule is O=[SH](=O)CC(Cl)(Cl)Cl. The first-order chi connectivity index (χ1) is 3.42. The van der Waals surface area contributed by atoms with Crippen LogP contribution in [-0.4, -0.2) is 18.0 Å². The summed E-state index contributed by atoms with van der Waals surface area (Å²) in [4.78, 5) is 0. The van der Waals surface area contributed by atoms with Crippen LogP contribution < -0.4 is 0 Å². The van der Waals surface area contributed by atoms with Crippen molar-refractivity contribution in [1.82, 2.24) is 0 Å². The van der Waals surface area contributed by atoms with Gasteiger partial charge in [0.2, 0.25) is 3.79 Å². The summed E-state index contributed by atoms with van der Waals surface area (Å²) in [7, 11) is -2.58. The molecule has 0 aromatic carbocycles. The van der Waals surface area contributed by atoms with Gasteiger partial charge in [0.25, 0.3) is 0 Å². The molecule has 0 amide bonds. The number of alkyl halides is 3. The molecule has 0 heterocycles. The summed E-state index contributed by atoms with van der Waals surface area (Å²) in [5.74, 6) is -0.424. The lowest BCUT2D eigenvalue weighted by Crippen LogP contribution is -2.09. The highest BCUT2D eigenvalue weighted by atomic mass is 35.6. The fraction of sp³-hybridized carbons (Fsp3) is 1.00. The van der Waals surface area contributed by atoms with Crippen molar-refractivity contribution in [3.05, 3.63) is 0 Å². The molecule has 0 unspecified atom stereocenters. The second kappa shape index (κ2) is 3.11. The summed E-state index contributed by atoms with van der Waals surface area (Å²) in [5.41, 5.74) is 0. The van der Waals surface area contributed by atoms with Gasteiger partial charge in [0.1, 0.15) is 10.7 Å². The molecule has 0 saturated heterocycles. The van der Waals surface area contributed by atoms with Gasteiger partial charge in [-0.25, -0.2) is 8.42 Å². The first-order valence-electron chi connectivity index (χ1n) is 1.60. The highest BCUT2D eigenvalue weighted by Gasteiger charge is 2.20. The van der Waals surface area contributed by atoms with E-state index in [-0.39, 0.29) is 0 Å². The maximum Gasteiger partial charge on any atom is 0.204 e. The van der Waals surface area contributed by atoms with Crippen LogP contribution in [-0.2, 0) is 10.7 Å². The summed E-state index contributed by atoms with van der Waals surface area (Å²) in [6.45, 7) is 0. The van der Waals surface area contributed by atoms with E-state index in [0.717, 1.165) is 0 Å². The molecular weight excluding hydrogens is 194 g/mol. The van der Waals surface area contributed by atoms with Crippen molar-refractivity contribution in [1.29, 1.82) is 0 Å². The molecule has 0 rings (SSSR count). The van der Waals surface area contributed by atoms with Crippen LogP contribution in [0.5, 0.6) is 0 Å². The molecule has 0 N–H and O–H groups in total. The molecular formula is C2H3Cl3O2S. The van der Waals surface area contributed by atoms with E-state index >= 15 is 0 Å². The minimum atomic E-state index is -2.58. The van der Waals surface area contributed by atoms with Crippen molar-refractivity contribution in [2.24, 2.45) is 0 Å². The summed E-state index contributed by atoms with van der Waals surface area (Å²) >= 11 is 15.2. The van der Waals surface area contributed by atoms with Crippen LogP contribution in [0.3, 0.4) is 0 Å². The van der Waals surface area contributed by atoms with Gasteiger partial charge in [-0.1, -0.05) is 34.8 Å². The van der Waals surface area contributed by atoms with Crippen molar-refractivity contribution in [2.45, 2.75) is 3.79 Å². The van der Waals surface area contributed by atoms with Gasteiger partial charge in [-0.05, 0) is 0 Å². The van der Waals surface area contributed by atoms with Crippen LogP contribution in [0, 0.1) is 0 Å². The Morgan fingerprint density at radius 3 is 1.62 bits per heavy atom. The molecule has 2 nitrogen and oxygen atoms in total. The van der Waals surface area contributed by atoms with E-state index in [1.807, 2.05) is 0 Å². The molecule has 0 fully saturated rings. The van der Waals surface area contributed by atoms with E-state index in [1.165, 1.54) is 0 Å². The number of thiol groups is 1. The quantitative estimate of drug-likeness (QED) is 0.502. The van der Waals surface area contributed by atoms with Gasteiger partial charge in [0.05, 0.1) is 5.75 Å². The Morgan fingerprint density at radius 1 is 1.25 bits per heavy atom. The van der Waals surface area contributed by atoms with E-state index in [0.29, 0.717) is 0 Å². The zero-order chi connectivity index (χ0) is 6.78. The minimum Gasteiger partial charge on any atom is -0.232 e. The second-order valence-electron chi connectivity index (χ2n) is 1.11. The Bertz CT molecular complexity index is 127. The van der Waals surface area contributed by atoms with Crippen molar-refractivity contribution in [2.75, 3.05) is 5.75 Å². The minimum absolute atomic E-state index is 0.424. The largest absolute Gasteiger partial charge is 0.232 e. The normalized spacial score (nSPS) is 12.5. The molecule has 0 bridgehead atoms. The number of hydrogen-bond acceptors (Lipinski definition) is 2. The van der Waals surface area contributed by atoms with Crippen LogP contribution in [0.1, 0.15) is 0 Å². The van der Waals surface area contributed by atoms with E-state index in [1.54, 1.807) is 0 Å². The van der Waals surface area contributed by atoms with Crippen molar-refractivity contribution >= 4 is 45.5 Å². The average molecular weight is 197 g/mol. The summed E-state index contributed by atoms with van der Waals surface area (Å²) in [6.07, 6.45) is 0. The van der Waals surface area contributed by atoms with Crippen molar-refractivity contribution in [3.63, 3.8) is 0 Å². The van der Waals surface area contributed by atoms with Crippen molar-refractivity contribution < 1.29 is 8.42 Å². The van der Waals surface area contributed by atoms with Gasteiger partial charge < -0.3 is 0 Å². The lowest BCUT2D eigenvalue weighted by molar-refractivity contribution is 0.614. The Morgan fingerprint density at radius 2 is 1.62 bits per heavy atom. The van der Waals surface area contributed by atoms with Gasteiger partial charge in [-0.15, -0.1) is 0 Å². The van der Waals surface area contributed by atoms with Crippen LogP contribution in [0.25, 0.3) is 0 Å². The second-order valence-corrected chi connectivity index (χ2v) is 4.60. The first kappa shape index (κ1) is 8.82. The molecule has 50 valence electrons. The van der Waals surface area contributed by atoms with Crippen LogP contribution >= 0.6 is 34.8 Å². The zero-order valence-electron chi connectivity index (χ0n) is 3.60. The molecule has 0 aliphatic heterocycles. The summed E-state index contributed by atoms with van der Waals surface area (Å²) in [5, 5.41) is 0. The molecule has 0 aliphatic carbocycles. The maximum atomic E-state index is 9.80. The monoisotopic (exact) mass is 196 g/mol. The number of hydrogen-bond donors (Lipinski definition) is 1. The van der Waals surface area contributed by atoms with Crippen molar-refractivity contribution in [3.8, 4) is 0 Å². The fourth-order valence-corrected chi connectivity index (χ4v) is 1.32. The Hall–Kier alpha value is 0.820. The molecule has 6 heteroatoms. The van der Waals surface area contributed by atoms with Gasteiger partial charge in [0.15, 0.2) is 0 Å². The number of halogens is 3. The molecule has 8 heavy (non-hydrogen) atoms. The van der Waals surface area contributed by atoms with Gasteiger partial charge in [-0.3, -0.25) is 0 Å². The molecule has 0 atom stereocenters. The average Bonchev–Trinajstić information content (AvgIpc) is 1.21. The molecule has 0 aromatic heterocycles. The third-order valence-electron chi connectivity index (χ3n) is 0.308. The third-order valence-corrected chi connectivity index (χ3v) is 2.00. The van der Waals surface area contributed by atoms with Crippen LogP contribution in [0.15, 0.2) is 0 Å². The van der Waals surface area contributed by atoms with Crippen LogP contribution in [0.2, 0.25) is 0 Å². The number of rotatable bonds is 1. The lowest BCUT2D eigenvalue weighted by Gasteiger charge is -2.02. The van der Waals surface area contributed by atoms with E-state index in [2.05, 4.69) is 0 Å². The summed E-state index contributed by atoms with van der Waals surface area (Å²) < 4.78 is 17.9. The zero-order valence-corrected chi connectivity index (χ0v) is 6.77. The standard InChI is InChI=1S/C2H3Cl3O2S/c3-2(4,5)1-8(6)7/h8H,1H2. The van der Waals surface area contributed by atoms with Crippen LogP contribution in [0.4, 0.5) is 0 Å². The third kappa shape index (κ3) is 6.82.